The van der Waals surface area contributed by atoms with Gasteiger partial charge in [-0.1, -0.05) is 48.5 Å². The first-order chi connectivity index (χ1) is 12.6. The molecule has 26 heavy (non-hydrogen) atoms. The second-order valence-electron chi connectivity index (χ2n) is 5.85. The molecule has 3 aromatic rings. The van der Waals surface area contributed by atoms with Crippen LogP contribution in [0.25, 0.3) is 6.08 Å². The van der Waals surface area contributed by atoms with Crippen molar-refractivity contribution in [3.63, 3.8) is 0 Å². The van der Waals surface area contributed by atoms with Gasteiger partial charge in [0.1, 0.15) is 17.6 Å². The fourth-order valence-corrected chi connectivity index (χ4v) is 2.65. The number of ketones is 2. The van der Waals surface area contributed by atoms with E-state index in [-0.39, 0.29) is 17.4 Å². The Morgan fingerprint density at radius 2 is 1.77 bits per heavy atom. The van der Waals surface area contributed by atoms with Crippen LogP contribution in [-0.4, -0.2) is 21.1 Å². The maximum atomic E-state index is 13.0. The molecule has 130 valence electrons. The van der Waals surface area contributed by atoms with Crippen LogP contribution in [0.3, 0.4) is 0 Å². The molecule has 3 rings (SSSR count). The second kappa shape index (κ2) is 7.70. The van der Waals surface area contributed by atoms with Gasteiger partial charge in [0, 0.05) is 25.0 Å². The van der Waals surface area contributed by atoms with Crippen molar-refractivity contribution in [2.24, 2.45) is 7.05 Å². The number of allylic oxidation sites excluding steroid dienone is 1. The predicted octanol–water partition coefficient (Wildman–Crippen LogP) is 3.81. The van der Waals surface area contributed by atoms with Crippen molar-refractivity contribution in [3.05, 3.63) is 95.8 Å². The summed E-state index contributed by atoms with van der Waals surface area (Å²) in [5.74, 6) is -1.69. The van der Waals surface area contributed by atoms with Gasteiger partial charge < -0.3 is 4.57 Å². The lowest BCUT2D eigenvalue weighted by Crippen LogP contribution is -2.24. The van der Waals surface area contributed by atoms with E-state index in [1.807, 2.05) is 6.07 Å². The van der Waals surface area contributed by atoms with E-state index in [9.17, 15) is 14.0 Å². The molecular formula is C21H17FN2O2. The summed E-state index contributed by atoms with van der Waals surface area (Å²) >= 11 is 0. The minimum Gasteiger partial charge on any atom is -0.337 e. The zero-order valence-corrected chi connectivity index (χ0v) is 14.2. The van der Waals surface area contributed by atoms with E-state index in [4.69, 9.17) is 0 Å². The highest BCUT2D eigenvalue weighted by Gasteiger charge is 2.30. The Morgan fingerprint density at radius 3 is 2.38 bits per heavy atom. The quantitative estimate of drug-likeness (QED) is 0.387. The fourth-order valence-electron chi connectivity index (χ4n) is 2.65. The smallest absolute Gasteiger partial charge is 0.181 e. The molecule has 0 amide bonds. The molecule has 1 heterocycles. The third-order valence-electron chi connectivity index (χ3n) is 4.03. The lowest BCUT2D eigenvalue weighted by molar-refractivity contribution is -0.115. The zero-order chi connectivity index (χ0) is 18.5. The first-order valence-corrected chi connectivity index (χ1v) is 8.10. The van der Waals surface area contributed by atoms with Gasteiger partial charge in [-0.2, -0.15) is 0 Å². The Bertz CT molecular complexity index is 944. The SMILES string of the molecule is Cn1ccnc1[C@@H](C(=O)/C=C\c1ccc(F)cc1)C(=O)c1ccccc1. The Labute approximate surface area is 150 Å². The molecule has 1 aromatic heterocycles. The molecule has 0 saturated carbocycles. The Morgan fingerprint density at radius 1 is 1.08 bits per heavy atom. The molecule has 0 radical (unpaired) electrons. The molecule has 5 heteroatoms. The van der Waals surface area contributed by atoms with Gasteiger partial charge >= 0.3 is 0 Å². The topological polar surface area (TPSA) is 52.0 Å². The third kappa shape index (κ3) is 3.83. The molecule has 1 atom stereocenters. The van der Waals surface area contributed by atoms with Gasteiger partial charge in [0.25, 0.3) is 0 Å². The van der Waals surface area contributed by atoms with Crippen LogP contribution in [0.1, 0.15) is 27.7 Å². The molecule has 0 spiro atoms. The number of nitrogens with zero attached hydrogens (tertiary/aromatic N) is 2. The maximum absolute atomic E-state index is 13.0. The number of hydrogen-bond donors (Lipinski definition) is 0. The number of benzene rings is 2. The molecule has 0 unspecified atom stereocenters. The van der Waals surface area contributed by atoms with Gasteiger partial charge in [0.15, 0.2) is 11.6 Å². The van der Waals surface area contributed by atoms with Crippen LogP contribution in [0.4, 0.5) is 4.39 Å². The lowest BCUT2D eigenvalue weighted by atomic mass is 9.92. The van der Waals surface area contributed by atoms with Crippen molar-refractivity contribution in [1.82, 2.24) is 9.55 Å². The van der Waals surface area contributed by atoms with Gasteiger partial charge in [-0.05, 0) is 23.8 Å². The van der Waals surface area contributed by atoms with Gasteiger partial charge in [-0.15, -0.1) is 0 Å². The number of halogens is 1. The van der Waals surface area contributed by atoms with E-state index >= 15 is 0 Å². The number of carbonyl (C=O) groups excluding carboxylic acids is 2. The highest BCUT2D eigenvalue weighted by atomic mass is 19.1. The number of rotatable bonds is 6. The van der Waals surface area contributed by atoms with Crippen LogP contribution in [0.5, 0.6) is 0 Å². The number of carbonyl (C=O) groups is 2. The summed E-state index contributed by atoms with van der Waals surface area (Å²) in [5.41, 5.74) is 1.12. The Balaban J connectivity index is 1.93. The minimum atomic E-state index is -1.03. The molecule has 0 saturated heterocycles. The van der Waals surface area contributed by atoms with Crippen LogP contribution in [-0.2, 0) is 11.8 Å². The van der Waals surface area contributed by atoms with E-state index in [0.717, 1.165) is 0 Å². The monoisotopic (exact) mass is 348 g/mol. The van der Waals surface area contributed by atoms with Gasteiger partial charge in [-0.25, -0.2) is 9.37 Å². The van der Waals surface area contributed by atoms with Gasteiger partial charge in [0.05, 0.1) is 0 Å². The molecular weight excluding hydrogens is 331 g/mol. The summed E-state index contributed by atoms with van der Waals surface area (Å²) in [6, 6.07) is 14.4. The number of Topliss-reactive ketones (excluding diaryl/α,β-unsaturated/α-hetero) is 1. The fraction of sp³-hybridized carbons (Fsp3) is 0.0952. The summed E-state index contributed by atoms with van der Waals surface area (Å²) in [5, 5.41) is 0. The highest BCUT2D eigenvalue weighted by molar-refractivity contribution is 6.18. The van der Waals surface area contributed by atoms with Crippen LogP contribution in [0.15, 0.2) is 73.1 Å². The second-order valence-corrected chi connectivity index (χ2v) is 5.85. The summed E-state index contributed by atoms with van der Waals surface area (Å²) in [6.45, 7) is 0. The first-order valence-electron chi connectivity index (χ1n) is 8.10. The first kappa shape index (κ1) is 17.5. The summed E-state index contributed by atoms with van der Waals surface area (Å²) in [7, 11) is 1.74. The number of hydrogen-bond acceptors (Lipinski definition) is 3. The molecule has 0 aliphatic rings. The van der Waals surface area contributed by atoms with Gasteiger partial charge in [0.2, 0.25) is 0 Å². The van der Waals surface area contributed by atoms with Gasteiger partial charge in [-0.3, -0.25) is 9.59 Å². The van der Waals surface area contributed by atoms with E-state index in [0.29, 0.717) is 17.0 Å². The molecule has 0 fully saturated rings. The van der Waals surface area contributed by atoms with Crippen molar-refractivity contribution in [2.45, 2.75) is 5.92 Å². The van der Waals surface area contributed by atoms with E-state index < -0.39 is 5.92 Å². The molecule has 2 aromatic carbocycles. The van der Waals surface area contributed by atoms with Crippen LogP contribution in [0, 0.1) is 5.82 Å². The van der Waals surface area contributed by atoms with E-state index in [1.165, 1.54) is 18.2 Å². The minimum absolute atomic E-state index is 0.311. The molecule has 0 aliphatic carbocycles. The molecule has 4 nitrogen and oxygen atoms in total. The molecule has 0 aliphatic heterocycles. The lowest BCUT2D eigenvalue weighted by Gasteiger charge is -2.13. The number of aromatic nitrogens is 2. The van der Waals surface area contributed by atoms with Crippen molar-refractivity contribution in [2.75, 3.05) is 0 Å². The largest absolute Gasteiger partial charge is 0.337 e. The normalized spacial score (nSPS) is 12.2. The van der Waals surface area contributed by atoms with E-state index in [2.05, 4.69) is 4.98 Å². The Kier molecular flexibility index (Phi) is 5.17. The Hall–Kier alpha value is -3.34. The number of imidazole rings is 1. The van der Waals surface area contributed by atoms with Crippen molar-refractivity contribution in [3.8, 4) is 0 Å². The summed E-state index contributed by atoms with van der Waals surface area (Å²) in [4.78, 5) is 29.9. The predicted molar refractivity (Wildman–Crippen MR) is 97.2 cm³/mol. The maximum Gasteiger partial charge on any atom is 0.181 e. The average Bonchev–Trinajstić information content (AvgIpc) is 3.08. The molecule has 0 N–H and O–H groups in total. The van der Waals surface area contributed by atoms with Crippen LogP contribution < -0.4 is 0 Å². The molecule has 0 bridgehead atoms. The number of aryl methyl sites for hydroxylation is 1. The van der Waals surface area contributed by atoms with Crippen LogP contribution >= 0.6 is 0 Å². The summed E-state index contributed by atoms with van der Waals surface area (Å²) < 4.78 is 14.7. The third-order valence-corrected chi connectivity index (χ3v) is 4.03. The van der Waals surface area contributed by atoms with Crippen molar-refractivity contribution in [1.29, 1.82) is 0 Å². The zero-order valence-electron chi connectivity index (χ0n) is 14.2. The average molecular weight is 348 g/mol. The summed E-state index contributed by atoms with van der Waals surface area (Å²) in [6.07, 6.45) is 6.15. The van der Waals surface area contributed by atoms with E-state index in [1.54, 1.807) is 66.5 Å². The standard InChI is InChI=1S/C21H17FN2O2/c1-24-14-13-23-21(24)19(20(26)16-5-3-2-4-6-16)18(25)12-9-15-7-10-17(22)11-8-15/h2-14,19H,1H3/b12-9-/t19-/m0/s1. The van der Waals surface area contributed by atoms with Crippen molar-refractivity contribution < 1.29 is 14.0 Å². The van der Waals surface area contributed by atoms with Crippen molar-refractivity contribution >= 4 is 17.6 Å². The van der Waals surface area contributed by atoms with Crippen LogP contribution in [0.2, 0.25) is 0 Å². The highest BCUT2D eigenvalue weighted by Crippen LogP contribution is 2.22.